The standard InChI is InChI=1S/C41H40N2O7S2/c1-5-27-11-17-35(44)33(19-27)39(29-21-37(42-23-29)51(47,48)31-13-7-25(3)8-14-31)41(46)40(34-20-28(6-2)12-18-36(34)45)30-22-38(43-24-30)52(49,50)32-15-9-26(4)10-16-32/h7-24,39-40,42-45H,5-6H2,1-4H3. The highest BCUT2D eigenvalue weighted by molar-refractivity contribution is 7.91. The Bertz CT molecular complexity index is 2310. The Balaban J connectivity index is 1.55. The second-order valence-corrected chi connectivity index (χ2v) is 16.8. The van der Waals surface area contributed by atoms with E-state index in [1.165, 1.54) is 60.9 Å². The summed E-state index contributed by atoms with van der Waals surface area (Å²) in [7, 11) is -8.05. The molecule has 2 atom stereocenters. The van der Waals surface area contributed by atoms with Gasteiger partial charge >= 0.3 is 0 Å². The summed E-state index contributed by atoms with van der Waals surface area (Å²) < 4.78 is 54.9. The predicted molar refractivity (Wildman–Crippen MR) is 199 cm³/mol. The molecule has 268 valence electrons. The number of aromatic hydroxyl groups is 2. The zero-order valence-corrected chi connectivity index (χ0v) is 30.8. The Morgan fingerprint density at radius 2 is 0.942 bits per heavy atom. The molecule has 0 aliphatic heterocycles. The van der Waals surface area contributed by atoms with Gasteiger partial charge in [0.05, 0.1) is 21.6 Å². The van der Waals surface area contributed by atoms with Crippen LogP contribution in [-0.2, 0) is 37.3 Å². The number of aromatic nitrogens is 2. The van der Waals surface area contributed by atoms with E-state index in [9.17, 15) is 27.0 Å². The molecule has 2 unspecified atom stereocenters. The molecule has 6 aromatic rings. The van der Waals surface area contributed by atoms with Crippen molar-refractivity contribution in [2.75, 3.05) is 0 Å². The first-order chi connectivity index (χ1) is 24.7. The zero-order chi connectivity index (χ0) is 37.4. The van der Waals surface area contributed by atoms with Crippen molar-refractivity contribution in [3.63, 3.8) is 0 Å². The molecular formula is C41H40N2O7S2. The number of hydrogen-bond donors (Lipinski definition) is 4. The van der Waals surface area contributed by atoms with Crippen LogP contribution in [0.25, 0.3) is 0 Å². The Morgan fingerprint density at radius 3 is 1.29 bits per heavy atom. The van der Waals surface area contributed by atoms with Gasteiger partial charge in [-0.2, -0.15) is 0 Å². The lowest BCUT2D eigenvalue weighted by atomic mass is 9.77. The predicted octanol–water partition coefficient (Wildman–Crippen LogP) is 7.69. The Hall–Kier alpha value is -5.39. The van der Waals surface area contributed by atoms with Gasteiger partial charge in [-0.3, -0.25) is 4.79 Å². The molecule has 52 heavy (non-hydrogen) atoms. The van der Waals surface area contributed by atoms with Crippen LogP contribution < -0.4 is 0 Å². The maximum Gasteiger partial charge on any atom is 0.221 e. The molecule has 2 aromatic heterocycles. The number of hydrogen-bond acceptors (Lipinski definition) is 7. The number of benzene rings is 4. The first kappa shape index (κ1) is 36.4. The van der Waals surface area contributed by atoms with Gasteiger partial charge in [0, 0.05) is 23.5 Å². The van der Waals surface area contributed by atoms with Crippen LogP contribution >= 0.6 is 0 Å². The molecule has 0 spiro atoms. The van der Waals surface area contributed by atoms with E-state index in [2.05, 4.69) is 9.97 Å². The van der Waals surface area contributed by atoms with Gasteiger partial charge in [-0.15, -0.1) is 0 Å². The zero-order valence-electron chi connectivity index (χ0n) is 29.2. The van der Waals surface area contributed by atoms with Crippen LogP contribution in [0.3, 0.4) is 0 Å². The Morgan fingerprint density at radius 1 is 0.577 bits per heavy atom. The van der Waals surface area contributed by atoms with E-state index in [0.717, 1.165) is 22.3 Å². The molecule has 9 nitrogen and oxygen atoms in total. The number of H-pyrrole nitrogens is 2. The van der Waals surface area contributed by atoms with Crippen molar-refractivity contribution in [1.29, 1.82) is 0 Å². The highest BCUT2D eigenvalue weighted by Crippen LogP contribution is 2.43. The van der Waals surface area contributed by atoms with Gasteiger partial charge in [-0.25, -0.2) is 16.8 Å². The van der Waals surface area contributed by atoms with E-state index in [1.54, 1.807) is 48.5 Å². The summed E-state index contributed by atoms with van der Waals surface area (Å²) in [5.41, 5.74) is 4.44. The Labute approximate surface area is 303 Å². The van der Waals surface area contributed by atoms with E-state index >= 15 is 4.79 Å². The topological polar surface area (TPSA) is 157 Å². The third-order valence-corrected chi connectivity index (χ3v) is 12.9. The van der Waals surface area contributed by atoms with Gasteiger partial charge in [0.2, 0.25) is 19.7 Å². The van der Waals surface area contributed by atoms with Crippen molar-refractivity contribution in [2.24, 2.45) is 0 Å². The van der Waals surface area contributed by atoms with Crippen molar-refractivity contribution in [3.8, 4) is 11.5 Å². The van der Waals surface area contributed by atoms with Gasteiger partial charge in [-0.1, -0.05) is 73.5 Å². The van der Waals surface area contributed by atoms with Crippen LogP contribution in [-0.4, -0.2) is 42.8 Å². The fourth-order valence-electron chi connectivity index (χ4n) is 6.38. The highest BCUT2D eigenvalue weighted by atomic mass is 32.2. The third-order valence-electron chi connectivity index (χ3n) is 9.46. The van der Waals surface area contributed by atoms with Gasteiger partial charge in [0.25, 0.3) is 0 Å². The molecule has 0 bridgehead atoms. The van der Waals surface area contributed by atoms with Crippen molar-refractivity contribution in [2.45, 2.75) is 72.2 Å². The molecule has 0 aliphatic carbocycles. The van der Waals surface area contributed by atoms with E-state index in [1.807, 2.05) is 27.7 Å². The monoisotopic (exact) mass is 736 g/mol. The number of sulfone groups is 2. The van der Waals surface area contributed by atoms with Crippen LogP contribution in [0.15, 0.2) is 129 Å². The SMILES string of the molecule is CCc1ccc(O)c(C(C(=O)C(c2c[nH]c(S(=O)(=O)c3ccc(C)cc3)c2)c2cc(CC)ccc2O)c2c[nH]c(S(=O)(=O)c3ccc(C)cc3)c2)c1. The highest BCUT2D eigenvalue weighted by Gasteiger charge is 2.37. The second kappa shape index (κ2) is 14.3. The van der Waals surface area contributed by atoms with Crippen molar-refractivity contribution < 1.29 is 31.8 Å². The first-order valence-electron chi connectivity index (χ1n) is 16.9. The normalized spacial score (nSPS) is 13.2. The molecule has 4 N–H and O–H groups in total. The number of ketones is 1. The largest absolute Gasteiger partial charge is 0.508 e. The minimum absolute atomic E-state index is 0.0685. The molecule has 2 heterocycles. The molecule has 11 heteroatoms. The number of nitrogens with one attached hydrogen (secondary N) is 2. The van der Waals surface area contributed by atoms with Crippen LogP contribution in [0.5, 0.6) is 11.5 Å². The number of rotatable bonds is 12. The minimum atomic E-state index is -4.02. The van der Waals surface area contributed by atoms with E-state index in [4.69, 9.17) is 0 Å². The summed E-state index contributed by atoms with van der Waals surface area (Å²) in [6, 6.07) is 25.5. The van der Waals surface area contributed by atoms with Crippen LogP contribution in [0.4, 0.5) is 0 Å². The lowest BCUT2D eigenvalue weighted by molar-refractivity contribution is -0.120. The molecule has 0 radical (unpaired) electrons. The molecule has 0 amide bonds. The molecule has 6 rings (SSSR count). The van der Waals surface area contributed by atoms with E-state index in [-0.39, 0.29) is 53.6 Å². The lowest BCUT2D eigenvalue weighted by Crippen LogP contribution is -2.23. The number of aryl methyl sites for hydroxylation is 4. The van der Waals surface area contributed by atoms with Crippen molar-refractivity contribution in [1.82, 2.24) is 9.97 Å². The van der Waals surface area contributed by atoms with Crippen molar-refractivity contribution in [3.05, 3.63) is 154 Å². The van der Waals surface area contributed by atoms with Crippen LogP contribution in [0.1, 0.15) is 70.2 Å². The molecule has 0 saturated carbocycles. The number of phenolic OH excluding ortho intramolecular Hbond substituents is 2. The smallest absolute Gasteiger partial charge is 0.221 e. The summed E-state index contributed by atoms with van der Waals surface area (Å²) in [4.78, 5) is 21.2. The fourth-order valence-corrected chi connectivity index (χ4v) is 8.89. The van der Waals surface area contributed by atoms with E-state index < -0.39 is 37.3 Å². The average Bonchev–Trinajstić information content (AvgIpc) is 3.83. The molecule has 0 aliphatic rings. The molecule has 0 fully saturated rings. The van der Waals surface area contributed by atoms with E-state index in [0.29, 0.717) is 12.8 Å². The Kier molecular flexibility index (Phi) is 10.0. The van der Waals surface area contributed by atoms with Crippen LogP contribution in [0, 0.1) is 13.8 Å². The minimum Gasteiger partial charge on any atom is -0.508 e. The second-order valence-electron chi connectivity index (χ2n) is 13.0. The first-order valence-corrected chi connectivity index (χ1v) is 19.9. The molecular weight excluding hydrogens is 697 g/mol. The summed E-state index contributed by atoms with van der Waals surface area (Å²) in [6.45, 7) is 7.57. The quantitative estimate of drug-likeness (QED) is 0.100. The third kappa shape index (κ3) is 6.93. The number of carbonyl (C=O) groups is 1. The van der Waals surface area contributed by atoms with Crippen molar-refractivity contribution >= 4 is 25.5 Å². The number of carbonyl (C=O) groups excluding carboxylic acids is 1. The summed E-state index contributed by atoms with van der Waals surface area (Å²) in [5, 5.41) is 22.3. The van der Waals surface area contributed by atoms with Gasteiger partial charge < -0.3 is 20.2 Å². The van der Waals surface area contributed by atoms with Crippen LogP contribution in [0.2, 0.25) is 0 Å². The summed E-state index contributed by atoms with van der Waals surface area (Å²) in [6.07, 6.45) is 4.06. The lowest BCUT2D eigenvalue weighted by Gasteiger charge is -2.24. The maximum absolute atomic E-state index is 15.3. The number of Topliss-reactive ketones (excluding diaryl/α,β-unsaturated/α-hetero) is 1. The average molecular weight is 737 g/mol. The maximum atomic E-state index is 15.3. The van der Waals surface area contributed by atoms with Gasteiger partial charge in [-0.05, 0) is 97.5 Å². The number of aromatic amines is 2. The molecule has 0 saturated heterocycles. The summed E-state index contributed by atoms with van der Waals surface area (Å²) in [5.74, 6) is -3.37. The van der Waals surface area contributed by atoms with Gasteiger partial charge in [0.1, 0.15) is 21.6 Å². The fraction of sp³-hybridized carbons (Fsp3) is 0.195. The number of phenols is 2. The van der Waals surface area contributed by atoms with Gasteiger partial charge in [0.15, 0.2) is 5.78 Å². The summed E-state index contributed by atoms with van der Waals surface area (Å²) >= 11 is 0. The molecule has 4 aromatic carbocycles.